The number of hydrogen-bond acceptors (Lipinski definition) is 4. The Kier molecular flexibility index (Phi) is 3.46. The number of hydrogen-bond donors (Lipinski definition) is 3. The molecule has 0 aliphatic rings. The predicted octanol–water partition coefficient (Wildman–Crippen LogP) is 0.329. The van der Waals surface area contributed by atoms with Crippen molar-refractivity contribution >= 4 is 17.8 Å². The van der Waals surface area contributed by atoms with Gasteiger partial charge in [0.25, 0.3) is 0 Å². The van der Waals surface area contributed by atoms with E-state index in [0.717, 1.165) is 0 Å². The van der Waals surface area contributed by atoms with Gasteiger partial charge in [-0.15, -0.1) is 0 Å². The molecular weight excluding hydrogens is 200 g/mol. The fraction of sp³-hybridized carbons (Fsp3) is 0.333. The third kappa shape index (κ3) is 3.43. The summed E-state index contributed by atoms with van der Waals surface area (Å²) < 4.78 is 5.08. The van der Waals surface area contributed by atoms with Crippen LogP contribution in [0.15, 0.2) is 16.5 Å². The smallest absolute Gasteiger partial charge is 0.321 e. The number of carboxylic acid groups (broad SMARTS) is 1. The Balaban J connectivity index is 2.46. The van der Waals surface area contributed by atoms with Crippen LogP contribution in [0.2, 0.25) is 0 Å². The van der Waals surface area contributed by atoms with Crippen molar-refractivity contribution in [1.29, 1.82) is 0 Å². The number of nitrogens with two attached hydrogens (primary N) is 1. The van der Waals surface area contributed by atoms with Gasteiger partial charge >= 0.3 is 5.97 Å². The second kappa shape index (κ2) is 4.61. The highest BCUT2D eigenvalue weighted by Gasteiger charge is 2.16. The molecule has 6 heteroatoms. The third-order valence-corrected chi connectivity index (χ3v) is 1.73. The van der Waals surface area contributed by atoms with Crippen molar-refractivity contribution in [2.24, 2.45) is 5.73 Å². The van der Waals surface area contributed by atoms with Gasteiger partial charge in [0.1, 0.15) is 11.8 Å². The molecule has 1 unspecified atom stereocenters. The number of carbonyl (C=O) groups is 2. The fourth-order valence-electron chi connectivity index (χ4n) is 0.977. The Morgan fingerprint density at radius 2 is 2.27 bits per heavy atom. The van der Waals surface area contributed by atoms with Crippen LogP contribution < -0.4 is 11.1 Å². The second-order valence-corrected chi connectivity index (χ2v) is 3.11. The van der Waals surface area contributed by atoms with Gasteiger partial charge < -0.3 is 15.3 Å². The van der Waals surface area contributed by atoms with E-state index in [1.807, 2.05) is 0 Å². The van der Waals surface area contributed by atoms with Crippen molar-refractivity contribution in [3.05, 3.63) is 17.9 Å². The van der Waals surface area contributed by atoms with Gasteiger partial charge in [0.05, 0.1) is 6.42 Å². The lowest BCUT2D eigenvalue weighted by Crippen LogP contribution is -2.34. The molecule has 4 N–H and O–H groups in total. The molecule has 0 spiro atoms. The molecule has 1 atom stereocenters. The average Bonchev–Trinajstić information content (AvgIpc) is 2.50. The van der Waals surface area contributed by atoms with Crippen LogP contribution in [0.1, 0.15) is 12.2 Å². The van der Waals surface area contributed by atoms with E-state index in [-0.39, 0.29) is 12.3 Å². The summed E-state index contributed by atoms with van der Waals surface area (Å²) >= 11 is 0. The van der Waals surface area contributed by atoms with Crippen molar-refractivity contribution in [3.8, 4) is 0 Å². The number of anilines is 1. The molecule has 0 saturated carbocycles. The van der Waals surface area contributed by atoms with E-state index in [1.54, 1.807) is 19.1 Å². The first-order valence-electron chi connectivity index (χ1n) is 4.33. The molecular formula is C9H12N2O4. The van der Waals surface area contributed by atoms with E-state index in [1.165, 1.54) is 0 Å². The first-order chi connectivity index (χ1) is 6.99. The maximum Gasteiger partial charge on any atom is 0.321 e. The number of carboxylic acids is 1. The topological polar surface area (TPSA) is 106 Å². The normalized spacial score (nSPS) is 12.1. The first-order valence-corrected chi connectivity index (χ1v) is 4.33. The summed E-state index contributed by atoms with van der Waals surface area (Å²) in [4.78, 5) is 21.6. The lowest BCUT2D eigenvalue weighted by atomic mass is 10.2. The molecule has 0 aliphatic carbocycles. The van der Waals surface area contributed by atoms with Crippen LogP contribution in [-0.2, 0) is 9.59 Å². The zero-order valence-electron chi connectivity index (χ0n) is 8.19. The van der Waals surface area contributed by atoms with Crippen LogP contribution >= 0.6 is 0 Å². The minimum absolute atomic E-state index is 0.283. The van der Waals surface area contributed by atoms with E-state index >= 15 is 0 Å². The van der Waals surface area contributed by atoms with E-state index in [9.17, 15) is 9.59 Å². The Morgan fingerprint density at radius 1 is 1.60 bits per heavy atom. The van der Waals surface area contributed by atoms with Crippen LogP contribution in [-0.4, -0.2) is 23.0 Å². The summed E-state index contributed by atoms with van der Waals surface area (Å²) in [6, 6.07) is 2.08. The Bertz CT molecular complexity index is 372. The molecule has 0 fully saturated rings. The number of aryl methyl sites for hydroxylation is 1. The predicted molar refractivity (Wildman–Crippen MR) is 52.3 cm³/mol. The monoisotopic (exact) mass is 212 g/mol. The van der Waals surface area contributed by atoms with Gasteiger partial charge in [0.2, 0.25) is 5.91 Å². The van der Waals surface area contributed by atoms with Crippen LogP contribution in [0.3, 0.4) is 0 Å². The van der Waals surface area contributed by atoms with Crippen molar-refractivity contribution in [2.75, 3.05) is 5.32 Å². The van der Waals surface area contributed by atoms with E-state index < -0.39 is 17.9 Å². The van der Waals surface area contributed by atoms with Crippen LogP contribution in [0.5, 0.6) is 0 Å². The molecule has 1 aromatic heterocycles. The molecule has 0 aliphatic heterocycles. The van der Waals surface area contributed by atoms with Crippen LogP contribution in [0.4, 0.5) is 5.88 Å². The molecule has 82 valence electrons. The lowest BCUT2D eigenvalue weighted by molar-refractivity contribution is -0.140. The number of carbonyl (C=O) groups excluding carboxylic acids is 1. The number of amides is 1. The van der Waals surface area contributed by atoms with Gasteiger partial charge in [-0.1, -0.05) is 0 Å². The van der Waals surface area contributed by atoms with Crippen molar-refractivity contribution in [2.45, 2.75) is 19.4 Å². The summed E-state index contributed by atoms with van der Waals surface area (Å²) in [5.41, 5.74) is 5.19. The quantitative estimate of drug-likeness (QED) is 0.666. The van der Waals surface area contributed by atoms with Gasteiger partial charge in [0.15, 0.2) is 5.88 Å². The average molecular weight is 212 g/mol. The van der Waals surface area contributed by atoms with Crippen molar-refractivity contribution < 1.29 is 19.1 Å². The molecule has 1 rings (SSSR count). The van der Waals surface area contributed by atoms with Crippen LogP contribution in [0.25, 0.3) is 0 Å². The fourth-order valence-corrected chi connectivity index (χ4v) is 0.977. The highest BCUT2D eigenvalue weighted by molar-refractivity contribution is 5.92. The minimum atomic E-state index is -1.21. The summed E-state index contributed by atoms with van der Waals surface area (Å²) in [6.45, 7) is 1.73. The number of aliphatic carboxylic acids is 1. The number of nitrogens with one attached hydrogen (secondary N) is 1. The summed E-state index contributed by atoms with van der Waals surface area (Å²) in [6.07, 6.45) is -0.283. The van der Waals surface area contributed by atoms with E-state index in [2.05, 4.69) is 5.32 Å². The largest absolute Gasteiger partial charge is 0.480 e. The molecule has 0 aromatic carbocycles. The maximum absolute atomic E-state index is 11.2. The van der Waals surface area contributed by atoms with Gasteiger partial charge in [0, 0.05) is 6.07 Å². The Hall–Kier alpha value is -1.82. The lowest BCUT2D eigenvalue weighted by Gasteiger charge is -2.05. The van der Waals surface area contributed by atoms with Gasteiger partial charge in [-0.3, -0.25) is 14.9 Å². The van der Waals surface area contributed by atoms with Crippen molar-refractivity contribution in [1.82, 2.24) is 0 Å². The molecule has 1 heterocycles. The first kappa shape index (κ1) is 11.3. The minimum Gasteiger partial charge on any atom is -0.480 e. The van der Waals surface area contributed by atoms with Gasteiger partial charge in [-0.05, 0) is 13.0 Å². The molecule has 6 nitrogen and oxygen atoms in total. The standard InChI is InChI=1S/C9H12N2O4/c1-5-2-3-8(15-5)11-7(12)4-6(10)9(13)14/h2-3,6H,4,10H2,1H3,(H,11,12)(H,13,14). The van der Waals surface area contributed by atoms with E-state index in [4.69, 9.17) is 15.3 Å². The molecule has 1 aromatic rings. The number of rotatable bonds is 4. The highest BCUT2D eigenvalue weighted by Crippen LogP contribution is 2.12. The second-order valence-electron chi connectivity index (χ2n) is 3.11. The highest BCUT2D eigenvalue weighted by atomic mass is 16.4. The zero-order chi connectivity index (χ0) is 11.4. The molecule has 0 bridgehead atoms. The summed E-state index contributed by atoms with van der Waals surface area (Å²) in [5.74, 6) is -0.747. The third-order valence-electron chi connectivity index (χ3n) is 1.73. The summed E-state index contributed by atoms with van der Waals surface area (Å²) in [7, 11) is 0. The molecule has 1 amide bonds. The maximum atomic E-state index is 11.2. The Morgan fingerprint density at radius 3 is 2.73 bits per heavy atom. The van der Waals surface area contributed by atoms with Crippen LogP contribution in [0, 0.1) is 6.92 Å². The molecule has 15 heavy (non-hydrogen) atoms. The van der Waals surface area contributed by atoms with Gasteiger partial charge in [-0.2, -0.15) is 0 Å². The van der Waals surface area contributed by atoms with Crippen molar-refractivity contribution in [3.63, 3.8) is 0 Å². The Labute approximate surface area is 86.1 Å². The van der Waals surface area contributed by atoms with Gasteiger partial charge in [-0.25, -0.2) is 0 Å². The summed E-state index contributed by atoms with van der Waals surface area (Å²) in [5, 5.41) is 10.9. The SMILES string of the molecule is Cc1ccc(NC(=O)CC(N)C(=O)O)o1. The van der Waals surface area contributed by atoms with E-state index in [0.29, 0.717) is 5.76 Å². The molecule has 0 radical (unpaired) electrons. The molecule has 0 saturated heterocycles. The number of furan rings is 1. The zero-order valence-corrected chi connectivity index (χ0v) is 8.19.